The van der Waals surface area contributed by atoms with Crippen LogP contribution in [0.15, 0.2) is 60.7 Å². The minimum absolute atomic E-state index is 0.148. The van der Waals surface area contributed by atoms with Crippen molar-refractivity contribution in [1.82, 2.24) is 0 Å². The van der Waals surface area contributed by atoms with Crippen molar-refractivity contribution < 1.29 is 28.3 Å². The number of rotatable bonds is 22. The van der Waals surface area contributed by atoms with Gasteiger partial charge in [0.05, 0.1) is 25.2 Å². The smallest absolute Gasteiger partial charge is 0.348 e. The van der Waals surface area contributed by atoms with Gasteiger partial charge in [-0.15, -0.1) is 0 Å². The van der Waals surface area contributed by atoms with E-state index in [0.29, 0.717) is 29.6 Å². The molecule has 51 heavy (non-hydrogen) atoms. The van der Waals surface area contributed by atoms with E-state index in [1.165, 1.54) is 107 Å². The number of nitrogens with zero attached hydrogens (tertiary/aromatic N) is 1. The summed E-state index contributed by atoms with van der Waals surface area (Å²) in [6.07, 6.45) is 22.5. The van der Waals surface area contributed by atoms with Crippen molar-refractivity contribution in [3.8, 4) is 0 Å². The molecule has 2 aromatic rings. The van der Waals surface area contributed by atoms with Crippen molar-refractivity contribution in [3.63, 3.8) is 0 Å². The summed E-state index contributed by atoms with van der Waals surface area (Å²) in [7, 11) is 0. The van der Waals surface area contributed by atoms with Crippen LogP contribution in [0.25, 0.3) is 0 Å². The second-order valence-corrected chi connectivity index (χ2v) is 16.3. The molecule has 6 nitrogen and oxygen atoms in total. The predicted octanol–water partition coefficient (Wildman–Crippen LogP) is 10.8. The largest absolute Gasteiger partial charge is 0.459 e. The summed E-state index contributed by atoms with van der Waals surface area (Å²) in [5.74, 6) is -0.869. The fraction of sp³-hybridized carbons (Fsp3) is 0.689. The van der Waals surface area contributed by atoms with Crippen LogP contribution in [0.5, 0.6) is 0 Å². The van der Waals surface area contributed by atoms with Gasteiger partial charge in [0.1, 0.15) is 6.10 Å². The number of piperidine rings is 1. The van der Waals surface area contributed by atoms with E-state index in [0.717, 1.165) is 32.1 Å². The summed E-state index contributed by atoms with van der Waals surface area (Å²) in [5.41, 5.74) is -0.216. The van der Waals surface area contributed by atoms with Crippen molar-refractivity contribution in [2.45, 2.75) is 179 Å². The average molecular weight is 703 g/mol. The summed E-state index contributed by atoms with van der Waals surface area (Å²) in [6.45, 7) is 8.78. The number of benzene rings is 2. The lowest BCUT2D eigenvalue weighted by Crippen LogP contribution is -2.60. The van der Waals surface area contributed by atoms with E-state index >= 15 is 0 Å². The Hall–Kier alpha value is -2.70. The van der Waals surface area contributed by atoms with E-state index in [4.69, 9.17) is 14.2 Å². The van der Waals surface area contributed by atoms with Gasteiger partial charge in [-0.05, 0) is 17.5 Å². The summed E-state index contributed by atoms with van der Waals surface area (Å²) >= 11 is 0. The van der Waals surface area contributed by atoms with Crippen molar-refractivity contribution in [2.24, 2.45) is 5.92 Å². The second-order valence-electron chi connectivity index (χ2n) is 16.3. The van der Waals surface area contributed by atoms with Crippen molar-refractivity contribution in [1.29, 1.82) is 0 Å². The highest BCUT2D eigenvalue weighted by Gasteiger charge is 2.57. The van der Waals surface area contributed by atoms with Gasteiger partial charge >= 0.3 is 11.9 Å². The van der Waals surface area contributed by atoms with Gasteiger partial charge < -0.3 is 18.7 Å². The first-order valence-corrected chi connectivity index (χ1v) is 20.9. The zero-order chi connectivity index (χ0) is 35.9. The molecule has 0 amide bonds. The molecule has 5 rings (SSSR count). The van der Waals surface area contributed by atoms with Gasteiger partial charge in [0, 0.05) is 50.9 Å². The zero-order valence-corrected chi connectivity index (χ0v) is 32.2. The third kappa shape index (κ3) is 10.3. The van der Waals surface area contributed by atoms with E-state index in [2.05, 4.69) is 6.92 Å². The Morgan fingerprint density at radius 2 is 1.18 bits per heavy atom. The fourth-order valence-electron chi connectivity index (χ4n) is 9.42. The normalized spacial score (nSPS) is 21.6. The summed E-state index contributed by atoms with van der Waals surface area (Å²) in [5, 5.41) is 0. The Labute approximate surface area is 309 Å². The Balaban J connectivity index is 1.20. The number of unbranched alkanes of at least 4 members (excludes halogenated alkanes) is 12. The third-order valence-electron chi connectivity index (χ3n) is 12.2. The predicted molar refractivity (Wildman–Crippen MR) is 205 cm³/mol. The van der Waals surface area contributed by atoms with Crippen LogP contribution >= 0.6 is 0 Å². The minimum Gasteiger partial charge on any atom is -0.459 e. The average Bonchev–Trinajstić information content (AvgIpc) is 3.69. The van der Waals surface area contributed by atoms with E-state index in [9.17, 15) is 9.59 Å². The van der Waals surface area contributed by atoms with Crippen LogP contribution < -0.4 is 0 Å². The van der Waals surface area contributed by atoms with E-state index < -0.39 is 17.9 Å². The minimum atomic E-state index is -1.58. The molecule has 3 unspecified atom stereocenters. The highest BCUT2D eigenvalue weighted by molar-refractivity contribution is 5.86. The first kappa shape index (κ1) is 39.5. The Morgan fingerprint density at radius 1 is 0.706 bits per heavy atom. The SMILES string of the molecule is CCCCCCCCCCCCCCCC(=O)OC(OC(C(=O)OC1CC2CCC(C1)[N+]21CCCC1)(c1ccccc1)c1ccccc1)C(C)C. The maximum atomic E-state index is 14.8. The maximum Gasteiger partial charge on any atom is 0.348 e. The van der Waals surface area contributed by atoms with Crippen LogP contribution in [0.2, 0.25) is 0 Å². The van der Waals surface area contributed by atoms with E-state index in [1.54, 1.807) is 0 Å². The highest BCUT2D eigenvalue weighted by atomic mass is 16.7. The molecule has 0 N–H and O–H groups in total. The van der Waals surface area contributed by atoms with Gasteiger partial charge in [0.15, 0.2) is 0 Å². The molecule has 2 bridgehead atoms. The summed E-state index contributed by atoms with van der Waals surface area (Å²) in [6, 6.07) is 20.4. The van der Waals surface area contributed by atoms with E-state index in [-0.39, 0.29) is 18.0 Å². The van der Waals surface area contributed by atoms with Crippen LogP contribution in [-0.2, 0) is 29.4 Å². The van der Waals surface area contributed by atoms with E-state index in [1.807, 2.05) is 74.5 Å². The molecule has 6 heteroatoms. The second kappa shape index (κ2) is 19.9. The molecule has 2 aromatic carbocycles. The molecule has 0 radical (unpaired) electrons. The lowest BCUT2D eigenvalue weighted by molar-refractivity contribution is -0.956. The molecule has 3 saturated heterocycles. The zero-order valence-electron chi connectivity index (χ0n) is 32.2. The van der Waals surface area contributed by atoms with Crippen LogP contribution in [0.1, 0.15) is 160 Å². The standard InChI is InChI=1S/C45H68NO5/c1-4-5-6-7-8-9-10-11-12-13-14-15-22-29-42(47)50-43(36(2)3)51-45(37-25-18-16-19-26-37,38-27-20-17-21-28-38)44(48)49-41-34-39-30-31-40(35-41)46(39)32-23-24-33-46/h16-21,25-28,36,39-41,43H,4-15,22-24,29-35H2,1-3H3/q+1. The molecule has 3 fully saturated rings. The topological polar surface area (TPSA) is 61.8 Å². The van der Waals surface area contributed by atoms with Crippen LogP contribution in [0, 0.1) is 5.92 Å². The lowest BCUT2D eigenvalue weighted by atomic mass is 9.85. The molecule has 0 saturated carbocycles. The van der Waals surface area contributed by atoms with Gasteiger partial charge in [-0.2, -0.15) is 0 Å². The number of esters is 2. The van der Waals surface area contributed by atoms with Gasteiger partial charge in [-0.1, -0.05) is 158 Å². The quantitative estimate of drug-likeness (QED) is 0.0529. The third-order valence-corrected chi connectivity index (χ3v) is 12.2. The highest BCUT2D eigenvalue weighted by Crippen LogP contribution is 2.47. The number of carbonyl (C=O) groups excluding carboxylic acids is 2. The van der Waals surface area contributed by atoms with Crippen LogP contribution in [0.4, 0.5) is 0 Å². The molecule has 0 aliphatic carbocycles. The number of hydrogen-bond donors (Lipinski definition) is 0. The van der Waals surface area contributed by atoms with Crippen molar-refractivity contribution in [2.75, 3.05) is 13.1 Å². The molecule has 3 heterocycles. The fourth-order valence-corrected chi connectivity index (χ4v) is 9.42. The van der Waals surface area contributed by atoms with Crippen molar-refractivity contribution in [3.05, 3.63) is 71.8 Å². The molecule has 1 spiro atoms. The van der Waals surface area contributed by atoms with Gasteiger partial charge in [-0.3, -0.25) is 4.79 Å². The summed E-state index contributed by atoms with van der Waals surface area (Å²) in [4.78, 5) is 28.1. The first-order valence-electron chi connectivity index (χ1n) is 20.9. The monoisotopic (exact) mass is 703 g/mol. The molecular formula is C45H68NO5+. The van der Waals surface area contributed by atoms with Gasteiger partial charge in [-0.25, -0.2) is 4.79 Å². The number of ether oxygens (including phenoxy) is 3. The summed E-state index contributed by atoms with van der Waals surface area (Å²) < 4.78 is 20.8. The lowest BCUT2D eigenvalue weighted by Gasteiger charge is -2.47. The number of hydrogen-bond acceptors (Lipinski definition) is 5. The molecule has 0 aromatic heterocycles. The molecule has 3 atom stereocenters. The number of quaternary nitrogens is 1. The molecule has 3 aliphatic heterocycles. The molecule has 3 aliphatic rings. The van der Waals surface area contributed by atoms with Gasteiger partial charge in [0.2, 0.25) is 11.9 Å². The Morgan fingerprint density at radius 3 is 1.65 bits per heavy atom. The van der Waals surface area contributed by atoms with Crippen LogP contribution in [-0.4, -0.2) is 54.0 Å². The van der Waals surface area contributed by atoms with Crippen LogP contribution in [0.3, 0.4) is 0 Å². The Kier molecular flexibility index (Phi) is 15.5. The van der Waals surface area contributed by atoms with Crippen molar-refractivity contribution >= 4 is 11.9 Å². The first-order chi connectivity index (χ1) is 24.9. The maximum absolute atomic E-state index is 14.8. The number of carbonyl (C=O) groups is 2. The van der Waals surface area contributed by atoms with Gasteiger partial charge in [0.25, 0.3) is 0 Å². The molecular weight excluding hydrogens is 634 g/mol. The molecule has 282 valence electrons. The Bertz CT molecular complexity index is 1250.